The van der Waals surface area contributed by atoms with E-state index in [1.165, 1.54) is 0 Å². The molecular weight excluding hydrogens is 318 g/mol. The van der Waals surface area contributed by atoms with E-state index in [9.17, 15) is 13.6 Å². The quantitative estimate of drug-likeness (QED) is 0.917. The lowest BCUT2D eigenvalue weighted by atomic mass is 9.93. The van der Waals surface area contributed by atoms with Crippen LogP contribution in [0.3, 0.4) is 0 Å². The van der Waals surface area contributed by atoms with Gasteiger partial charge in [0.15, 0.2) is 11.5 Å². The predicted molar refractivity (Wildman–Crippen MR) is 84.6 cm³/mol. The zero-order valence-corrected chi connectivity index (χ0v) is 13.9. The number of likely N-dealkylation sites (tertiary alicyclic amines) is 1. The second kappa shape index (κ2) is 6.11. The molecule has 1 aromatic carbocycles. The SMILES string of the molecule is COc1ccc(CNC(=O)N2CCC3(CC2)CC3(F)F)cc1OC. The first-order chi connectivity index (χ1) is 11.4. The molecule has 1 saturated heterocycles. The maximum absolute atomic E-state index is 13.4. The molecule has 7 heteroatoms. The van der Waals surface area contributed by atoms with Crippen LogP contribution in [0, 0.1) is 5.41 Å². The summed E-state index contributed by atoms with van der Waals surface area (Å²) in [7, 11) is 3.11. The van der Waals surface area contributed by atoms with Gasteiger partial charge in [0.25, 0.3) is 5.92 Å². The van der Waals surface area contributed by atoms with Crippen molar-refractivity contribution in [3.05, 3.63) is 23.8 Å². The number of nitrogens with zero attached hydrogens (tertiary/aromatic N) is 1. The van der Waals surface area contributed by atoms with Gasteiger partial charge in [-0.3, -0.25) is 0 Å². The number of benzene rings is 1. The minimum Gasteiger partial charge on any atom is -0.493 e. The Kier molecular flexibility index (Phi) is 4.27. The molecule has 1 aromatic rings. The van der Waals surface area contributed by atoms with Crippen LogP contribution in [-0.4, -0.2) is 44.2 Å². The Morgan fingerprint density at radius 1 is 1.21 bits per heavy atom. The predicted octanol–water partition coefficient (Wildman–Crippen LogP) is 3.03. The topological polar surface area (TPSA) is 50.8 Å². The lowest BCUT2D eigenvalue weighted by molar-refractivity contribution is 0.0370. The Balaban J connectivity index is 1.51. The summed E-state index contributed by atoms with van der Waals surface area (Å²) in [5.74, 6) is -1.31. The van der Waals surface area contributed by atoms with Crippen LogP contribution in [0.1, 0.15) is 24.8 Å². The molecule has 1 aliphatic carbocycles. The summed E-state index contributed by atoms with van der Waals surface area (Å²) >= 11 is 0. The van der Waals surface area contributed by atoms with Crippen molar-refractivity contribution in [2.24, 2.45) is 5.41 Å². The summed E-state index contributed by atoms with van der Waals surface area (Å²) in [5.41, 5.74) is 0.0378. The third-order valence-corrected chi connectivity index (χ3v) is 5.11. The van der Waals surface area contributed by atoms with Crippen LogP contribution in [0.4, 0.5) is 13.6 Å². The van der Waals surface area contributed by atoms with Crippen molar-refractivity contribution in [2.45, 2.75) is 31.7 Å². The van der Waals surface area contributed by atoms with Crippen molar-refractivity contribution in [3.8, 4) is 11.5 Å². The van der Waals surface area contributed by atoms with Gasteiger partial charge < -0.3 is 19.7 Å². The van der Waals surface area contributed by atoms with E-state index >= 15 is 0 Å². The molecule has 0 aromatic heterocycles. The van der Waals surface area contributed by atoms with Crippen molar-refractivity contribution in [3.63, 3.8) is 0 Å². The molecule has 0 unspecified atom stereocenters. The van der Waals surface area contributed by atoms with Crippen LogP contribution in [0.25, 0.3) is 0 Å². The molecule has 2 fully saturated rings. The van der Waals surface area contributed by atoms with E-state index < -0.39 is 11.3 Å². The number of hydrogen-bond acceptors (Lipinski definition) is 3. The number of alkyl halides is 2. The lowest BCUT2D eigenvalue weighted by Crippen LogP contribution is -2.45. The molecule has 132 valence electrons. The summed E-state index contributed by atoms with van der Waals surface area (Å²) < 4.78 is 37.1. The van der Waals surface area contributed by atoms with E-state index in [0.29, 0.717) is 44.0 Å². The second-order valence-electron chi connectivity index (χ2n) is 6.50. The standard InChI is InChI=1S/C17H22F2N2O3/c1-23-13-4-3-12(9-14(13)24-2)10-20-15(22)21-7-5-16(6-8-21)11-17(16,18)19/h3-4,9H,5-8,10-11H2,1-2H3,(H,20,22). The highest BCUT2D eigenvalue weighted by Crippen LogP contribution is 2.65. The third kappa shape index (κ3) is 2.99. The summed E-state index contributed by atoms with van der Waals surface area (Å²) in [6.45, 7) is 1.11. The van der Waals surface area contributed by atoms with Crippen LogP contribution in [0.15, 0.2) is 18.2 Å². The molecule has 3 rings (SSSR count). The number of halogens is 2. The molecule has 0 atom stereocenters. The van der Waals surface area contributed by atoms with Gasteiger partial charge in [-0.1, -0.05) is 6.07 Å². The monoisotopic (exact) mass is 340 g/mol. The van der Waals surface area contributed by atoms with Crippen molar-refractivity contribution >= 4 is 6.03 Å². The number of amides is 2. The molecule has 2 amide bonds. The van der Waals surface area contributed by atoms with Gasteiger partial charge in [0, 0.05) is 31.5 Å². The number of hydrogen-bond donors (Lipinski definition) is 1. The fourth-order valence-electron chi connectivity index (χ4n) is 3.34. The molecule has 2 aliphatic rings. The highest BCUT2D eigenvalue weighted by atomic mass is 19.3. The maximum atomic E-state index is 13.4. The number of carbonyl (C=O) groups excluding carboxylic acids is 1. The van der Waals surface area contributed by atoms with Gasteiger partial charge in [-0.05, 0) is 30.5 Å². The van der Waals surface area contributed by atoms with Crippen LogP contribution < -0.4 is 14.8 Å². The van der Waals surface area contributed by atoms with Gasteiger partial charge >= 0.3 is 6.03 Å². The number of rotatable bonds is 4. The zero-order valence-electron chi connectivity index (χ0n) is 13.9. The fourth-order valence-corrected chi connectivity index (χ4v) is 3.34. The van der Waals surface area contributed by atoms with Crippen LogP contribution in [-0.2, 0) is 6.54 Å². The normalized spacial score (nSPS) is 20.6. The van der Waals surface area contributed by atoms with Crippen LogP contribution >= 0.6 is 0 Å². The first-order valence-electron chi connectivity index (χ1n) is 8.02. The number of urea groups is 1. The molecule has 0 bridgehead atoms. The Hall–Kier alpha value is -2.05. The molecule has 1 spiro atoms. The largest absolute Gasteiger partial charge is 0.493 e. The molecule has 5 nitrogen and oxygen atoms in total. The van der Waals surface area contributed by atoms with Crippen molar-refractivity contribution in [2.75, 3.05) is 27.3 Å². The Bertz CT molecular complexity index is 628. The average Bonchev–Trinajstić information content (AvgIpc) is 3.12. The minimum absolute atomic E-state index is 0.0267. The smallest absolute Gasteiger partial charge is 0.317 e. The number of piperidine rings is 1. The van der Waals surface area contributed by atoms with Crippen molar-refractivity contribution < 1.29 is 23.0 Å². The molecule has 1 N–H and O–H groups in total. The van der Waals surface area contributed by atoms with E-state index in [4.69, 9.17) is 9.47 Å². The fraction of sp³-hybridized carbons (Fsp3) is 0.588. The summed E-state index contributed by atoms with van der Waals surface area (Å²) in [6.07, 6.45) is 0.731. The van der Waals surface area contributed by atoms with Gasteiger partial charge in [-0.15, -0.1) is 0 Å². The van der Waals surface area contributed by atoms with Gasteiger partial charge in [-0.25, -0.2) is 13.6 Å². The zero-order chi connectivity index (χ0) is 17.4. The number of ether oxygens (including phenoxy) is 2. The Morgan fingerprint density at radius 3 is 2.38 bits per heavy atom. The second-order valence-corrected chi connectivity index (χ2v) is 6.50. The van der Waals surface area contributed by atoms with Gasteiger partial charge in [-0.2, -0.15) is 0 Å². The van der Waals surface area contributed by atoms with Gasteiger partial charge in [0.1, 0.15) is 0 Å². The Morgan fingerprint density at radius 2 is 1.83 bits per heavy atom. The van der Waals surface area contributed by atoms with Crippen LogP contribution in [0.2, 0.25) is 0 Å². The van der Waals surface area contributed by atoms with Gasteiger partial charge in [0.2, 0.25) is 0 Å². The molecular formula is C17H22F2N2O3. The van der Waals surface area contributed by atoms with Crippen molar-refractivity contribution in [1.29, 1.82) is 0 Å². The molecule has 1 saturated carbocycles. The van der Waals surface area contributed by atoms with Crippen molar-refractivity contribution in [1.82, 2.24) is 10.2 Å². The summed E-state index contributed by atoms with van der Waals surface area (Å²) in [6, 6.07) is 5.20. The highest BCUT2D eigenvalue weighted by molar-refractivity contribution is 5.74. The average molecular weight is 340 g/mol. The van der Waals surface area contributed by atoms with E-state index in [-0.39, 0.29) is 12.5 Å². The Labute approximate surface area is 139 Å². The summed E-state index contributed by atoms with van der Waals surface area (Å²) in [5, 5.41) is 2.83. The van der Waals surface area contributed by atoms with Gasteiger partial charge in [0.05, 0.1) is 14.2 Å². The van der Waals surface area contributed by atoms with E-state index in [1.807, 2.05) is 6.07 Å². The van der Waals surface area contributed by atoms with E-state index in [1.54, 1.807) is 31.3 Å². The minimum atomic E-state index is -2.53. The molecule has 1 aliphatic heterocycles. The maximum Gasteiger partial charge on any atom is 0.317 e. The number of nitrogens with one attached hydrogen (secondary N) is 1. The first kappa shape index (κ1) is 16.8. The first-order valence-corrected chi connectivity index (χ1v) is 8.02. The summed E-state index contributed by atoms with van der Waals surface area (Å²) in [4.78, 5) is 13.8. The number of methoxy groups -OCH3 is 2. The molecule has 1 heterocycles. The highest BCUT2D eigenvalue weighted by Gasteiger charge is 2.70. The lowest BCUT2D eigenvalue weighted by Gasteiger charge is -2.32. The molecule has 0 radical (unpaired) electrons. The molecule has 24 heavy (non-hydrogen) atoms. The third-order valence-electron chi connectivity index (χ3n) is 5.11. The van der Waals surface area contributed by atoms with E-state index in [2.05, 4.69) is 5.32 Å². The van der Waals surface area contributed by atoms with E-state index in [0.717, 1.165) is 5.56 Å². The number of carbonyl (C=O) groups is 1. The van der Waals surface area contributed by atoms with Crippen LogP contribution in [0.5, 0.6) is 11.5 Å².